The number of piperidine rings is 1. The fourth-order valence-electron chi connectivity index (χ4n) is 3.17. The Bertz CT molecular complexity index is 902. The van der Waals surface area contributed by atoms with Crippen LogP contribution in [0.15, 0.2) is 60.7 Å². The molecule has 1 amide bonds. The number of benzene rings is 2. The van der Waals surface area contributed by atoms with E-state index in [-0.39, 0.29) is 17.4 Å². The maximum atomic E-state index is 13.2. The summed E-state index contributed by atoms with van der Waals surface area (Å²) in [6.07, 6.45) is 4.27. The molecule has 0 aliphatic carbocycles. The lowest BCUT2D eigenvalue weighted by Crippen LogP contribution is -2.40. The van der Waals surface area contributed by atoms with Gasteiger partial charge in [-0.2, -0.15) is 0 Å². The molecule has 29 heavy (non-hydrogen) atoms. The number of esters is 1. The Morgan fingerprint density at radius 2 is 1.76 bits per heavy atom. The van der Waals surface area contributed by atoms with Gasteiger partial charge in [-0.3, -0.25) is 14.4 Å². The fraction of sp³-hybridized carbons (Fsp3) is 0.261. The van der Waals surface area contributed by atoms with Gasteiger partial charge >= 0.3 is 5.97 Å². The van der Waals surface area contributed by atoms with E-state index in [9.17, 15) is 18.8 Å². The van der Waals surface area contributed by atoms with Gasteiger partial charge < -0.3 is 9.64 Å². The minimum absolute atomic E-state index is 0.0954. The second-order valence-electron chi connectivity index (χ2n) is 6.88. The summed E-state index contributed by atoms with van der Waals surface area (Å²) in [6, 6.07) is 14.8. The molecule has 2 aromatic rings. The zero-order chi connectivity index (χ0) is 20.6. The number of hydrogen-bond donors (Lipinski definition) is 0. The highest BCUT2D eigenvalue weighted by Crippen LogP contribution is 2.19. The summed E-state index contributed by atoms with van der Waals surface area (Å²) in [5.74, 6) is -1.86. The van der Waals surface area contributed by atoms with Crippen molar-refractivity contribution in [1.82, 2.24) is 4.90 Å². The number of halogens is 1. The highest BCUT2D eigenvalue weighted by atomic mass is 19.1. The molecule has 2 aromatic carbocycles. The molecule has 0 radical (unpaired) electrons. The van der Waals surface area contributed by atoms with Gasteiger partial charge in [0.05, 0.1) is 5.92 Å². The van der Waals surface area contributed by atoms with Crippen molar-refractivity contribution in [2.24, 2.45) is 5.92 Å². The average molecular weight is 395 g/mol. The summed E-state index contributed by atoms with van der Waals surface area (Å²) < 4.78 is 18.3. The molecule has 0 N–H and O–H groups in total. The van der Waals surface area contributed by atoms with Gasteiger partial charge in [0.1, 0.15) is 5.82 Å². The molecule has 5 nitrogen and oxygen atoms in total. The number of carbonyl (C=O) groups excluding carboxylic acids is 3. The molecule has 150 valence electrons. The predicted molar refractivity (Wildman–Crippen MR) is 106 cm³/mol. The molecule has 6 heteroatoms. The Morgan fingerprint density at radius 1 is 1.03 bits per heavy atom. The molecule has 0 spiro atoms. The Hall–Kier alpha value is -3.28. The number of rotatable bonds is 6. The van der Waals surface area contributed by atoms with Crippen LogP contribution in [0.1, 0.15) is 28.8 Å². The first kappa shape index (κ1) is 20.5. The van der Waals surface area contributed by atoms with Crippen LogP contribution in [0.3, 0.4) is 0 Å². The Balaban J connectivity index is 1.44. The van der Waals surface area contributed by atoms with Crippen LogP contribution >= 0.6 is 0 Å². The van der Waals surface area contributed by atoms with Gasteiger partial charge in [-0.1, -0.05) is 42.5 Å². The predicted octanol–water partition coefficient (Wildman–Crippen LogP) is 3.50. The van der Waals surface area contributed by atoms with Crippen LogP contribution in [0.5, 0.6) is 0 Å². The molecule has 0 unspecified atom stereocenters. The first-order valence-corrected chi connectivity index (χ1v) is 9.50. The normalized spacial score (nSPS) is 14.7. The monoisotopic (exact) mass is 395 g/mol. The van der Waals surface area contributed by atoms with E-state index in [1.54, 1.807) is 11.0 Å². The number of nitrogens with zero attached hydrogens (tertiary/aromatic N) is 1. The van der Waals surface area contributed by atoms with Crippen molar-refractivity contribution in [1.29, 1.82) is 0 Å². The Kier molecular flexibility index (Phi) is 6.89. The molecule has 1 aliphatic rings. The molecule has 1 aliphatic heterocycles. The fourth-order valence-corrected chi connectivity index (χ4v) is 3.17. The van der Waals surface area contributed by atoms with E-state index in [0.29, 0.717) is 25.9 Å². The summed E-state index contributed by atoms with van der Waals surface area (Å²) in [6.45, 7) is 0.492. The standard InChI is InChI=1S/C23H22FNO4/c24-20-8-4-7-19(15-20)21(26)16-29-23(28)18-11-13-25(14-12-18)22(27)10-9-17-5-2-1-3-6-17/h1-10,15,18H,11-14,16H2/b10-9+. The van der Waals surface area contributed by atoms with E-state index in [0.717, 1.165) is 11.6 Å². The van der Waals surface area contributed by atoms with Crippen LogP contribution in [0, 0.1) is 11.7 Å². The zero-order valence-corrected chi connectivity index (χ0v) is 15.9. The summed E-state index contributed by atoms with van der Waals surface area (Å²) >= 11 is 0. The van der Waals surface area contributed by atoms with Crippen molar-refractivity contribution in [3.05, 3.63) is 77.6 Å². The van der Waals surface area contributed by atoms with E-state index in [1.165, 1.54) is 24.3 Å². The molecule has 1 heterocycles. The number of hydrogen-bond acceptors (Lipinski definition) is 4. The second kappa shape index (κ2) is 9.78. The van der Waals surface area contributed by atoms with E-state index in [2.05, 4.69) is 0 Å². The zero-order valence-electron chi connectivity index (χ0n) is 15.9. The third kappa shape index (κ3) is 5.85. The molecular formula is C23H22FNO4. The number of carbonyl (C=O) groups is 3. The van der Waals surface area contributed by atoms with Gasteiger partial charge in [0.15, 0.2) is 12.4 Å². The highest BCUT2D eigenvalue weighted by molar-refractivity contribution is 5.98. The molecule has 0 saturated carbocycles. The van der Waals surface area contributed by atoms with Gasteiger partial charge in [-0.15, -0.1) is 0 Å². The van der Waals surface area contributed by atoms with Crippen LogP contribution in [-0.2, 0) is 14.3 Å². The molecule has 0 bridgehead atoms. The van der Waals surface area contributed by atoms with E-state index >= 15 is 0 Å². The van der Waals surface area contributed by atoms with E-state index in [1.807, 2.05) is 30.3 Å². The Morgan fingerprint density at radius 3 is 2.45 bits per heavy atom. The van der Waals surface area contributed by atoms with E-state index in [4.69, 9.17) is 4.74 Å². The largest absolute Gasteiger partial charge is 0.457 e. The van der Waals surface area contributed by atoms with Crippen molar-refractivity contribution in [2.75, 3.05) is 19.7 Å². The van der Waals surface area contributed by atoms with E-state index < -0.39 is 24.2 Å². The third-order valence-corrected chi connectivity index (χ3v) is 4.85. The van der Waals surface area contributed by atoms with Crippen molar-refractivity contribution in [2.45, 2.75) is 12.8 Å². The summed E-state index contributed by atoms with van der Waals surface area (Å²) in [4.78, 5) is 38.2. The maximum Gasteiger partial charge on any atom is 0.309 e. The number of likely N-dealkylation sites (tertiary alicyclic amines) is 1. The lowest BCUT2D eigenvalue weighted by atomic mass is 9.97. The van der Waals surface area contributed by atoms with Crippen LogP contribution in [0.25, 0.3) is 6.08 Å². The van der Waals surface area contributed by atoms with Gasteiger partial charge in [0.25, 0.3) is 0 Å². The molecular weight excluding hydrogens is 373 g/mol. The maximum absolute atomic E-state index is 13.2. The lowest BCUT2D eigenvalue weighted by molar-refractivity contribution is -0.150. The number of ketones is 1. The smallest absolute Gasteiger partial charge is 0.309 e. The van der Waals surface area contributed by atoms with Gasteiger partial charge in [-0.05, 0) is 36.6 Å². The molecule has 1 saturated heterocycles. The van der Waals surface area contributed by atoms with Gasteiger partial charge in [-0.25, -0.2) is 4.39 Å². The minimum atomic E-state index is -0.513. The second-order valence-corrected chi connectivity index (χ2v) is 6.88. The van der Waals surface area contributed by atoms with Crippen molar-refractivity contribution in [3.63, 3.8) is 0 Å². The molecule has 0 atom stereocenters. The van der Waals surface area contributed by atoms with Gasteiger partial charge in [0.2, 0.25) is 5.91 Å². The van der Waals surface area contributed by atoms with Crippen molar-refractivity contribution >= 4 is 23.7 Å². The molecule has 3 rings (SSSR count). The SMILES string of the molecule is O=C(COC(=O)C1CCN(C(=O)/C=C/c2ccccc2)CC1)c1cccc(F)c1. The average Bonchev–Trinajstić information content (AvgIpc) is 2.76. The first-order chi connectivity index (χ1) is 14.0. The quantitative estimate of drug-likeness (QED) is 0.427. The lowest BCUT2D eigenvalue weighted by Gasteiger charge is -2.30. The highest BCUT2D eigenvalue weighted by Gasteiger charge is 2.28. The molecule has 1 fully saturated rings. The Labute approximate surface area is 168 Å². The van der Waals surface area contributed by atoms with Crippen molar-refractivity contribution < 1.29 is 23.5 Å². The van der Waals surface area contributed by atoms with Crippen LogP contribution in [-0.4, -0.2) is 42.3 Å². The summed E-state index contributed by atoms with van der Waals surface area (Å²) in [5.41, 5.74) is 1.12. The minimum Gasteiger partial charge on any atom is -0.457 e. The summed E-state index contributed by atoms with van der Waals surface area (Å²) in [7, 11) is 0. The van der Waals surface area contributed by atoms with Crippen molar-refractivity contribution in [3.8, 4) is 0 Å². The summed E-state index contributed by atoms with van der Waals surface area (Å²) in [5, 5.41) is 0. The molecule has 0 aromatic heterocycles. The first-order valence-electron chi connectivity index (χ1n) is 9.50. The topological polar surface area (TPSA) is 63.7 Å². The third-order valence-electron chi connectivity index (χ3n) is 4.85. The number of amides is 1. The number of Topliss-reactive ketones (excluding diaryl/α,β-unsaturated/α-hetero) is 1. The van der Waals surface area contributed by atoms with Gasteiger partial charge in [0, 0.05) is 24.7 Å². The number of ether oxygens (including phenoxy) is 1. The van der Waals surface area contributed by atoms with Crippen LogP contribution < -0.4 is 0 Å². The van der Waals surface area contributed by atoms with Crippen LogP contribution in [0.2, 0.25) is 0 Å². The van der Waals surface area contributed by atoms with Crippen LogP contribution in [0.4, 0.5) is 4.39 Å².